The molecule has 0 radical (unpaired) electrons. The Morgan fingerprint density at radius 1 is 1.22 bits per heavy atom. The van der Waals surface area contributed by atoms with Crippen molar-refractivity contribution >= 4 is 5.91 Å². The van der Waals surface area contributed by atoms with E-state index in [0.29, 0.717) is 13.0 Å². The second kappa shape index (κ2) is 6.02. The van der Waals surface area contributed by atoms with E-state index < -0.39 is 0 Å². The summed E-state index contributed by atoms with van der Waals surface area (Å²) in [5, 5.41) is 10.2. The summed E-state index contributed by atoms with van der Waals surface area (Å²) in [7, 11) is 2.25. The lowest BCUT2D eigenvalue weighted by Crippen LogP contribution is -2.51. The molecule has 1 N–H and O–H groups in total. The SMILES string of the molecule is C[N+]1(CC(O)CN2CCCC2=O)CCCCCC1. The predicted octanol–water partition coefficient (Wildman–Crippen LogP) is 0.990. The molecule has 0 aromatic carbocycles. The summed E-state index contributed by atoms with van der Waals surface area (Å²) in [6.07, 6.45) is 6.45. The number of nitrogens with zero attached hydrogens (tertiary/aromatic N) is 2. The summed E-state index contributed by atoms with van der Waals surface area (Å²) in [5.74, 6) is 0.215. The molecule has 2 heterocycles. The van der Waals surface area contributed by atoms with Crippen LogP contribution in [-0.4, -0.2) is 66.3 Å². The number of rotatable bonds is 4. The van der Waals surface area contributed by atoms with Crippen LogP contribution in [0, 0.1) is 0 Å². The van der Waals surface area contributed by atoms with Gasteiger partial charge in [0.25, 0.3) is 0 Å². The van der Waals surface area contributed by atoms with E-state index in [-0.39, 0.29) is 12.0 Å². The largest absolute Gasteiger partial charge is 0.385 e. The Bertz CT molecular complexity index is 286. The van der Waals surface area contributed by atoms with Crippen molar-refractivity contribution in [2.45, 2.75) is 44.6 Å². The summed E-state index contributed by atoms with van der Waals surface area (Å²) >= 11 is 0. The molecule has 0 aromatic rings. The van der Waals surface area contributed by atoms with Crippen LogP contribution in [0.3, 0.4) is 0 Å². The number of β-amino-alcohol motifs (C(OH)–C–C–N with tert-alkyl or cyclic N) is 1. The maximum atomic E-state index is 11.5. The lowest BCUT2D eigenvalue weighted by atomic mass is 10.2. The molecule has 1 unspecified atom stereocenters. The Balaban J connectivity index is 1.81. The summed E-state index contributed by atoms with van der Waals surface area (Å²) < 4.78 is 0.975. The summed E-state index contributed by atoms with van der Waals surface area (Å²) in [4.78, 5) is 13.4. The van der Waals surface area contributed by atoms with Crippen LogP contribution < -0.4 is 0 Å². The fourth-order valence-corrected chi connectivity index (χ4v) is 3.35. The molecule has 2 aliphatic rings. The minimum atomic E-state index is -0.366. The van der Waals surface area contributed by atoms with E-state index in [1.54, 1.807) is 0 Å². The van der Waals surface area contributed by atoms with Gasteiger partial charge >= 0.3 is 0 Å². The van der Waals surface area contributed by atoms with Crippen molar-refractivity contribution in [1.82, 2.24) is 4.90 Å². The van der Waals surface area contributed by atoms with Crippen molar-refractivity contribution in [3.8, 4) is 0 Å². The molecule has 0 spiro atoms. The quantitative estimate of drug-likeness (QED) is 0.761. The van der Waals surface area contributed by atoms with Crippen LogP contribution in [0.2, 0.25) is 0 Å². The van der Waals surface area contributed by atoms with Crippen LogP contribution in [-0.2, 0) is 4.79 Å². The van der Waals surface area contributed by atoms with Gasteiger partial charge in [-0.05, 0) is 32.1 Å². The molecule has 2 aliphatic heterocycles. The van der Waals surface area contributed by atoms with Gasteiger partial charge in [-0.2, -0.15) is 0 Å². The first-order chi connectivity index (χ1) is 8.59. The second-order valence-corrected chi connectivity index (χ2v) is 6.26. The molecule has 1 atom stereocenters. The lowest BCUT2D eigenvalue weighted by molar-refractivity contribution is -0.911. The highest BCUT2D eigenvalue weighted by Gasteiger charge is 2.29. The van der Waals surface area contributed by atoms with Crippen molar-refractivity contribution in [2.24, 2.45) is 0 Å². The van der Waals surface area contributed by atoms with Gasteiger partial charge in [0.05, 0.1) is 26.7 Å². The Morgan fingerprint density at radius 3 is 2.44 bits per heavy atom. The fraction of sp³-hybridized carbons (Fsp3) is 0.929. The zero-order valence-corrected chi connectivity index (χ0v) is 11.6. The number of likely N-dealkylation sites (N-methyl/N-ethyl adjacent to an activating group) is 1. The van der Waals surface area contributed by atoms with E-state index in [1.807, 2.05) is 4.90 Å². The maximum absolute atomic E-state index is 11.5. The van der Waals surface area contributed by atoms with E-state index in [0.717, 1.165) is 24.0 Å². The number of aliphatic hydroxyl groups is 1. The van der Waals surface area contributed by atoms with Crippen LogP contribution in [0.5, 0.6) is 0 Å². The first kappa shape index (κ1) is 13.8. The molecular formula is C14H27N2O2+. The minimum absolute atomic E-state index is 0.215. The standard InChI is InChI=1S/C14H27N2O2/c1-16(9-4-2-3-5-10-16)12-13(17)11-15-8-6-7-14(15)18/h13,17H,2-12H2,1H3/q+1. The molecule has 18 heavy (non-hydrogen) atoms. The highest BCUT2D eigenvalue weighted by molar-refractivity contribution is 5.78. The number of carbonyl (C=O) groups is 1. The van der Waals surface area contributed by atoms with E-state index in [1.165, 1.54) is 38.8 Å². The normalized spacial score (nSPS) is 26.1. The van der Waals surface area contributed by atoms with Gasteiger partial charge < -0.3 is 14.5 Å². The first-order valence-electron chi connectivity index (χ1n) is 7.38. The van der Waals surface area contributed by atoms with Gasteiger partial charge in [-0.15, -0.1) is 0 Å². The first-order valence-corrected chi connectivity index (χ1v) is 7.38. The third-order valence-electron chi connectivity index (χ3n) is 4.40. The van der Waals surface area contributed by atoms with E-state index in [4.69, 9.17) is 0 Å². The average molecular weight is 255 g/mol. The topological polar surface area (TPSA) is 40.5 Å². The Kier molecular flexibility index (Phi) is 4.62. The lowest BCUT2D eigenvalue weighted by Gasteiger charge is -2.36. The highest BCUT2D eigenvalue weighted by atomic mass is 16.3. The Morgan fingerprint density at radius 2 is 1.89 bits per heavy atom. The molecule has 0 saturated carbocycles. The van der Waals surface area contributed by atoms with Crippen molar-refractivity contribution in [3.63, 3.8) is 0 Å². The summed E-state index contributed by atoms with van der Waals surface area (Å²) in [6, 6.07) is 0. The summed E-state index contributed by atoms with van der Waals surface area (Å²) in [5.41, 5.74) is 0. The molecule has 0 aliphatic carbocycles. The molecule has 2 fully saturated rings. The van der Waals surface area contributed by atoms with Gasteiger partial charge in [-0.3, -0.25) is 4.79 Å². The zero-order valence-electron chi connectivity index (χ0n) is 11.6. The zero-order chi connectivity index (χ0) is 13.0. The molecule has 104 valence electrons. The summed E-state index contributed by atoms with van der Waals surface area (Å²) in [6.45, 7) is 4.51. The van der Waals surface area contributed by atoms with Crippen LogP contribution >= 0.6 is 0 Å². The van der Waals surface area contributed by atoms with E-state index in [9.17, 15) is 9.90 Å². The van der Waals surface area contributed by atoms with Crippen molar-refractivity contribution in [2.75, 3.05) is 39.8 Å². The van der Waals surface area contributed by atoms with Gasteiger partial charge in [0.2, 0.25) is 5.91 Å². The fourth-order valence-electron chi connectivity index (χ4n) is 3.35. The van der Waals surface area contributed by atoms with Gasteiger partial charge in [-0.25, -0.2) is 0 Å². The molecule has 2 rings (SSSR count). The van der Waals surface area contributed by atoms with Crippen LogP contribution in [0.1, 0.15) is 38.5 Å². The van der Waals surface area contributed by atoms with Crippen LogP contribution in [0.4, 0.5) is 0 Å². The van der Waals surface area contributed by atoms with E-state index in [2.05, 4.69) is 7.05 Å². The van der Waals surface area contributed by atoms with E-state index >= 15 is 0 Å². The third-order valence-corrected chi connectivity index (χ3v) is 4.40. The molecule has 2 saturated heterocycles. The van der Waals surface area contributed by atoms with Crippen molar-refractivity contribution in [3.05, 3.63) is 0 Å². The highest BCUT2D eigenvalue weighted by Crippen LogP contribution is 2.17. The van der Waals surface area contributed by atoms with Crippen LogP contribution in [0.15, 0.2) is 0 Å². The van der Waals surface area contributed by atoms with Gasteiger partial charge in [0.15, 0.2) is 0 Å². The number of hydrogen-bond donors (Lipinski definition) is 1. The van der Waals surface area contributed by atoms with Crippen LogP contribution in [0.25, 0.3) is 0 Å². The number of aliphatic hydroxyl groups excluding tert-OH is 1. The Labute approximate surface area is 110 Å². The Hall–Kier alpha value is -0.610. The molecule has 0 aromatic heterocycles. The number of likely N-dealkylation sites (tertiary alicyclic amines) is 2. The molecule has 0 bridgehead atoms. The van der Waals surface area contributed by atoms with Gasteiger partial charge in [-0.1, -0.05) is 0 Å². The maximum Gasteiger partial charge on any atom is 0.222 e. The van der Waals surface area contributed by atoms with Gasteiger partial charge in [0, 0.05) is 13.0 Å². The average Bonchev–Trinajstić information content (AvgIpc) is 2.58. The number of amides is 1. The molecule has 1 amide bonds. The van der Waals surface area contributed by atoms with Crippen molar-refractivity contribution < 1.29 is 14.4 Å². The van der Waals surface area contributed by atoms with Crippen molar-refractivity contribution in [1.29, 1.82) is 0 Å². The predicted molar refractivity (Wildman–Crippen MR) is 71.1 cm³/mol. The number of carbonyl (C=O) groups excluding carboxylic acids is 1. The monoisotopic (exact) mass is 255 g/mol. The molecular weight excluding hydrogens is 228 g/mol. The number of hydrogen-bond acceptors (Lipinski definition) is 2. The second-order valence-electron chi connectivity index (χ2n) is 6.26. The van der Waals surface area contributed by atoms with Gasteiger partial charge in [0.1, 0.15) is 12.6 Å². The smallest absolute Gasteiger partial charge is 0.222 e. The third kappa shape index (κ3) is 3.69. The molecule has 4 heteroatoms. The number of quaternary nitrogens is 1. The minimum Gasteiger partial charge on any atom is -0.385 e. The molecule has 4 nitrogen and oxygen atoms in total.